The van der Waals surface area contributed by atoms with Crippen molar-refractivity contribution in [2.45, 2.75) is 91.5 Å². The van der Waals surface area contributed by atoms with Crippen molar-refractivity contribution >= 4 is 18.8 Å². The minimum absolute atomic E-state index is 0.585. The lowest BCUT2D eigenvalue weighted by Crippen LogP contribution is -2.51. The molecule has 3 radical (unpaired) electrons. The molecule has 26 heavy (non-hydrogen) atoms. The zero-order valence-electron chi connectivity index (χ0n) is 18.6. The van der Waals surface area contributed by atoms with Gasteiger partial charge in [0.05, 0.1) is 9.52 Å². The van der Waals surface area contributed by atoms with Gasteiger partial charge in [0.25, 0.3) is 0 Å². The SMILES string of the molecule is CCO[Si](OCC)C(C)CCCCC[Si]C(N(CC)CC)N(CC)CC. The molecule has 0 heterocycles. The van der Waals surface area contributed by atoms with E-state index >= 15 is 0 Å². The number of hydrogen-bond acceptors (Lipinski definition) is 4. The Hall–Kier alpha value is 0.274. The van der Waals surface area contributed by atoms with Gasteiger partial charge < -0.3 is 8.85 Å². The molecule has 0 aliphatic rings. The first-order chi connectivity index (χ1) is 12.6. The van der Waals surface area contributed by atoms with Crippen LogP contribution in [0.4, 0.5) is 0 Å². The van der Waals surface area contributed by atoms with Crippen LogP contribution in [0.5, 0.6) is 0 Å². The molecule has 0 aromatic rings. The summed E-state index contributed by atoms with van der Waals surface area (Å²) in [5.41, 5.74) is 0.585. The smallest absolute Gasteiger partial charge is 0.387 e. The zero-order chi connectivity index (χ0) is 19.8. The lowest BCUT2D eigenvalue weighted by Gasteiger charge is -2.38. The van der Waals surface area contributed by atoms with Crippen LogP contribution in [-0.2, 0) is 8.85 Å². The normalized spacial score (nSPS) is 13.5. The molecule has 1 unspecified atom stereocenters. The van der Waals surface area contributed by atoms with E-state index in [1.165, 1.54) is 31.7 Å². The van der Waals surface area contributed by atoms with Crippen LogP contribution in [0.15, 0.2) is 0 Å². The fraction of sp³-hybridized carbons (Fsp3) is 1.00. The molecule has 1 atom stereocenters. The summed E-state index contributed by atoms with van der Waals surface area (Å²) in [7, 11) is -0.0558. The first-order valence-electron chi connectivity index (χ1n) is 10.9. The van der Waals surface area contributed by atoms with Gasteiger partial charge in [-0.1, -0.05) is 59.9 Å². The van der Waals surface area contributed by atoms with E-state index in [1.807, 2.05) is 0 Å². The molecule has 0 amide bonds. The number of rotatable bonds is 18. The van der Waals surface area contributed by atoms with Gasteiger partial charge in [0.2, 0.25) is 0 Å². The summed E-state index contributed by atoms with van der Waals surface area (Å²) in [5.74, 6) is 0.643. The number of unbranched alkanes of at least 4 members (excludes halogenated alkanes) is 2. The van der Waals surface area contributed by atoms with E-state index in [0.717, 1.165) is 48.9 Å². The van der Waals surface area contributed by atoms with Crippen molar-refractivity contribution in [1.82, 2.24) is 9.80 Å². The Bertz CT molecular complexity index is 286. The van der Waals surface area contributed by atoms with Gasteiger partial charge in [0.15, 0.2) is 0 Å². The van der Waals surface area contributed by atoms with Crippen LogP contribution >= 0.6 is 0 Å². The van der Waals surface area contributed by atoms with Gasteiger partial charge in [-0.2, -0.15) is 0 Å². The molecule has 0 aliphatic heterocycles. The van der Waals surface area contributed by atoms with E-state index in [0.29, 0.717) is 11.3 Å². The molecular formula is C20H45N2O2Si2. The Kier molecular flexibility index (Phi) is 17.6. The van der Waals surface area contributed by atoms with E-state index < -0.39 is 9.28 Å². The second-order valence-corrected chi connectivity index (χ2v) is 10.3. The fourth-order valence-corrected chi connectivity index (χ4v) is 6.96. The van der Waals surface area contributed by atoms with Crippen molar-refractivity contribution < 1.29 is 8.85 Å². The predicted molar refractivity (Wildman–Crippen MR) is 117 cm³/mol. The van der Waals surface area contributed by atoms with Crippen LogP contribution in [0.3, 0.4) is 0 Å². The summed E-state index contributed by atoms with van der Waals surface area (Å²) in [6.07, 6.45) is 5.25. The average Bonchev–Trinajstić information content (AvgIpc) is 2.65. The molecule has 0 aromatic heterocycles. The summed E-state index contributed by atoms with van der Waals surface area (Å²) < 4.78 is 11.7. The highest BCUT2D eigenvalue weighted by Gasteiger charge is 2.23. The quantitative estimate of drug-likeness (QED) is 0.190. The first kappa shape index (κ1) is 26.3. The molecule has 4 nitrogen and oxygen atoms in total. The van der Waals surface area contributed by atoms with E-state index in [1.54, 1.807) is 0 Å². The van der Waals surface area contributed by atoms with Gasteiger partial charge in [-0.05, 0) is 46.4 Å². The highest BCUT2D eigenvalue weighted by atomic mass is 28.3. The summed E-state index contributed by atoms with van der Waals surface area (Å²) in [4.78, 5) is 5.26. The maximum Gasteiger partial charge on any atom is 0.387 e. The summed E-state index contributed by atoms with van der Waals surface area (Å²) in [5, 5.41) is 0. The van der Waals surface area contributed by atoms with Crippen molar-refractivity contribution in [2.75, 3.05) is 39.4 Å². The predicted octanol–water partition coefficient (Wildman–Crippen LogP) is 4.59. The topological polar surface area (TPSA) is 24.9 Å². The summed E-state index contributed by atoms with van der Waals surface area (Å²) >= 11 is 0. The van der Waals surface area contributed by atoms with Crippen LogP contribution in [0.2, 0.25) is 11.6 Å². The molecule has 0 bridgehead atoms. The Morgan fingerprint density at radius 3 is 1.69 bits per heavy atom. The van der Waals surface area contributed by atoms with E-state index in [9.17, 15) is 0 Å². The van der Waals surface area contributed by atoms with Gasteiger partial charge in [0.1, 0.15) is 0 Å². The van der Waals surface area contributed by atoms with Crippen molar-refractivity contribution in [3.05, 3.63) is 0 Å². The second kappa shape index (κ2) is 17.4. The third kappa shape index (κ3) is 10.6. The second-order valence-electron chi connectivity index (χ2n) is 6.71. The highest BCUT2D eigenvalue weighted by Crippen LogP contribution is 2.21. The first-order valence-corrected chi connectivity index (χ1v) is 13.6. The van der Waals surface area contributed by atoms with Gasteiger partial charge in [-0.15, -0.1) is 0 Å². The maximum absolute atomic E-state index is 5.83. The Balaban J connectivity index is 4.16. The van der Waals surface area contributed by atoms with Crippen LogP contribution in [0.1, 0.15) is 74.1 Å². The third-order valence-corrected chi connectivity index (χ3v) is 8.91. The van der Waals surface area contributed by atoms with Crippen molar-refractivity contribution in [3.8, 4) is 0 Å². The van der Waals surface area contributed by atoms with Gasteiger partial charge in [0, 0.05) is 24.5 Å². The van der Waals surface area contributed by atoms with Crippen molar-refractivity contribution in [2.24, 2.45) is 0 Å². The van der Waals surface area contributed by atoms with Crippen molar-refractivity contribution in [3.63, 3.8) is 0 Å². The van der Waals surface area contributed by atoms with Gasteiger partial charge in [-0.25, -0.2) is 0 Å². The summed E-state index contributed by atoms with van der Waals surface area (Å²) in [6.45, 7) is 21.8. The minimum atomic E-state index is -1.08. The molecule has 0 aromatic carbocycles. The van der Waals surface area contributed by atoms with E-state index in [2.05, 4.69) is 58.3 Å². The molecule has 155 valence electrons. The molecule has 0 rings (SSSR count). The van der Waals surface area contributed by atoms with E-state index in [4.69, 9.17) is 8.85 Å². The lowest BCUT2D eigenvalue weighted by atomic mass is 10.2. The minimum Gasteiger partial charge on any atom is -0.393 e. The molecule has 6 heteroatoms. The highest BCUT2D eigenvalue weighted by molar-refractivity contribution is 6.46. The third-order valence-electron chi connectivity index (χ3n) is 4.93. The molecule has 0 saturated carbocycles. The molecule has 0 saturated heterocycles. The zero-order valence-corrected chi connectivity index (χ0v) is 20.6. The van der Waals surface area contributed by atoms with Crippen LogP contribution < -0.4 is 0 Å². The standard InChI is InChI=1S/C20H45N2O2Si2/c1-8-21(9-2)20(22(10-3)11-4)25-18-16-14-15-17-19(7)26(23-12-5)24-13-6/h19-20H,8-18H2,1-7H3. The van der Waals surface area contributed by atoms with Crippen LogP contribution in [0.25, 0.3) is 0 Å². The van der Waals surface area contributed by atoms with E-state index in [-0.39, 0.29) is 0 Å². The van der Waals surface area contributed by atoms with Crippen molar-refractivity contribution in [1.29, 1.82) is 0 Å². The molecule has 0 spiro atoms. The molecule has 0 N–H and O–H groups in total. The lowest BCUT2D eigenvalue weighted by molar-refractivity contribution is 0.114. The van der Waals surface area contributed by atoms with Crippen LogP contribution in [0, 0.1) is 0 Å². The van der Waals surface area contributed by atoms with Gasteiger partial charge in [-0.3, -0.25) is 9.80 Å². The Morgan fingerprint density at radius 1 is 0.769 bits per heavy atom. The average molecular weight is 402 g/mol. The number of hydrogen-bond donors (Lipinski definition) is 0. The fourth-order valence-electron chi connectivity index (χ4n) is 3.34. The van der Waals surface area contributed by atoms with Crippen LogP contribution in [-0.4, -0.2) is 73.8 Å². The van der Waals surface area contributed by atoms with Gasteiger partial charge >= 0.3 is 9.28 Å². The Morgan fingerprint density at radius 2 is 1.27 bits per heavy atom. The maximum atomic E-state index is 5.83. The Labute approximate surface area is 168 Å². The largest absolute Gasteiger partial charge is 0.393 e. The monoisotopic (exact) mass is 401 g/mol. The summed E-state index contributed by atoms with van der Waals surface area (Å²) in [6, 6.07) is 1.36. The number of nitrogens with zero attached hydrogens (tertiary/aromatic N) is 2. The molecule has 0 fully saturated rings. The molecule has 0 aliphatic carbocycles. The molecular weight excluding hydrogens is 356 g/mol.